The van der Waals surface area contributed by atoms with Crippen molar-refractivity contribution in [1.29, 1.82) is 0 Å². The highest BCUT2D eigenvalue weighted by molar-refractivity contribution is 7.99. The van der Waals surface area contributed by atoms with Gasteiger partial charge in [0.1, 0.15) is 0 Å². The van der Waals surface area contributed by atoms with E-state index < -0.39 is 0 Å². The second-order valence-corrected chi connectivity index (χ2v) is 11.7. The molecule has 1 saturated heterocycles. The van der Waals surface area contributed by atoms with Gasteiger partial charge in [0.2, 0.25) is 0 Å². The van der Waals surface area contributed by atoms with E-state index in [1.165, 1.54) is 45.9 Å². The summed E-state index contributed by atoms with van der Waals surface area (Å²) in [5.41, 5.74) is 4.04. The van der Waals surface area contributed by atoms with Crippen LogP contribution in [0.2, 0.25) is 0 Å². The molecule has 0 spiro atoms. The van der Waals surface area contributed by atoms with E-state index in [-0.39, 0.29) is 0 Å². The van der Waals surface area contributed by atoms with Crippen LogP contribution < -0.4 is 4.90 Å². The highest BCUT2D eigenvalue weighted by Crippen LogP contribution is 2.38. The molecule has 2 aromatic rings. The summed E-state index contributed by atoms with van der Waals surface area (Å²) in [4.78, 5) is 7.77. The van der Waals surface area contributed by atoms with Gasteiger partial charge < -0.3 is 9.64 Å². The van der Waals surface area contributed by atoms with Crippen LogP contribution in [0.4, 0.5) is 5.69 Å². The summed E-state index contributed by atoms with van der Waals surface area (Å²) in [5.74, 6) is 2.23. The summed E-state index contributed by atoms with van der Waals surface area (Å²) in [6.45, 7) is 16.5. The Labute approximate surface area is 205 Å². The molecule has 2 fully saturated rings. The largest absolute Gasteiger partial charge is 0.368 e. The number of hydrogen-bond acceptors (Lipinski definition) is 4. The van der Waals surface area contributed by atoms with Crippen LogP contribution in [0.25, 0.3) is 0 Å². The first-order chi connectivity index (χ1) is 15.9. The maximum atomic E-state index is 6.54. The van der Waals surface area contributed by atoms with Gasteiger partial charge in [-0.2, -0.15) is 0 Å². The first-order valence-electron chi connectivity index (χ1n) is 12.8. The fraction of sp³-hybridized carbons (Fsp3) is 0.586. The van der Waals surface area contributed by atoms with Crippen LogP contribution in [0.3, 0.4) is 0 Å². The smallest absolute Gasteiger partial charge is 0.0995 e. The number of para-hydroxylation sites is 1. The average Bonchev–Trinajstić information content (AvgIpc) is 2.80. The quantitative estimate of drug-likeness (QED) is 0.436. The Morgan fingerprint density at radius 3 is 2.45 bits per heavy atom. The average molecular weight is 467 g/mol. The Morgan fingerprint density at radius 2 is 1.73 bits per heavy atom. The predicted octanol–water partition coefficient (Wildman–Crippen LogP) is 7.01. The lowest BCUT2D eigenvalue weighted by Crippen LogP contribution is -2.48. The molecule has 180 valence electrons. The molecule has 33 heavy (non-hydrogen) atoms. The number of anilines is 1. The fourth-order valence-corrected chi connectivity index (χ4v) is 6.50. The van der Waals surface area contributed by atoms with Crippen LogP contribution >= 0.6 is 11.8 Å². The van der Waals surface area contributed by atoms with Gasteiger partial charge >= 0.3 is 0 Å². The van der Waals surface area contributed by atoms with E-state index in [2.05, 4.69) is 86.9 Å². The molecule has 4 rings (SSSR count). The zero-order chi connectivity index (χ0) is 23.4. The van der Waals surface area contributed by atoms with Gasteiger partial charge in [-0.1, -0.05) is 68.8 Å². The Bertz CT molecular complexity index is 906. The Balaban J connectivity index is 1.34. The van der Waals surface area contributed by atoms with Crippen LogP contribution in [0.1, 0.15) is 51.2 Å². The lowest BCUT2D eigenvalue weighted by Gasteiger charge is -2.40. The van der Waals surface area contributed by atoms with Crippen molar-refractivity contribution in [1.82, 2.24) is 4.90 Å². The van der Waals surface area contributed by atoms with E-state index in [9.17, 15) is 0 Å². The zero-order valence-corrected chi connectivity index (χ0v) is 22.0. The monoisotopic (exact) mass is 466 g/mol. The number of nitrogens with zero attached hydrogens (tertiary/aromatic N) is 2. The molecule has 3 atom stereocenters. The first kappa shape index (κ1) is 24.6. The van der Waals surface area contributed by atoms with E-state index in [0.29, 0.717) is 12.0 Å². The van der Waals surface area contributed by atoms with Gasteiger partial charge in [0.25, 0.3) is 0 Å². The summed E-state index contributed by atoms with van der Waals surface area (Å²) in [6, 6.07) is 15.6. The van der Waals surface area contributed by atoms with Crippen molar-refractivity contribution in [3.63, 3.8) is 0 Å². The molecule has 1 aliphatic heterocycles. The maximum Gasteiger partial charge on any atom is 0.0995 e. The van der Waals surface area contributed by atoms with Crippen LogP contribution in [0.5, 0.6) is 0 Å². The molecule has 2 aromatic carbocycles. The number of hydrogen-bond donors (Lipinski definition) is 0. The third-order valence-electron chi connectivity index (χ3n) is 7.56. The molecule has 1 aliphatic carbocycles. The van der Waals surface area contributed by atoms with E-state index in [1.807, 2.05) is 11.8 Å². The van der Waals surface area contributed by atoms with E-state index in [4.69, 9.17) is 4.74 Å². The number of rotatable bonds is 7. The van der Waals surface area contributed by atoms with Gasteiger partial charge in [-0.25, -0.2) is 0 Å². The first-order valence-corrected chi connectivity index (χ1v) is 13.7. The summed E-state index contributed by atoms with van der Waals surface area (Å²) < 4.78 is 6.54. The van der Waals surface area contributed by atoms with Crippen LogP contribution in [0, 0.1) is 31.6 Å². The van der Waals surface area contributed by atoms with Crippen molar-refractivity contribution in [2.75, 3.05) is 37.8 Å². The summed E-state index contributed by atoms with van der Waals surface area (Å²) in [7, 11) is 0. The van der Waals surface area contributed by atoms with E-state index >= 15 is 0 Å². The van der Waals surface area contributed by atoms with Gasteiger partial charge in [-0.15, -0.1) is 0 Å². The number of aryl methyl sites for hydroxylation is 2. The van der Waals surface area contributed by atoms with Crippen molar-refractivity contribution in [3.05, 3.63) is 53.6 Å². The summed E-state index contributed by atoms with van der Waals surface area (Å²) in [5, 5.41) is 0. The maximum absolute atomic E-state index is 6.54. The molecular weight excluding hydrogens is 424 g/mol. The zero-order valence-electron chi connectivity index (χ0n) is 21.2. The number of piperazine rings is 1. The lowest BCUT2D eigenvalue weighted by molar-refractivity contribution is -0.0822. The third-order valence-corrected chi connectivity index (χ3v) is 8.80. The van der Waals surface area contributed by atoms with Crippen molar-refractivity contribution in [2.24, 2.45) is 17.8 Å². The SMILES string of the molecule is Cc1ccc(Sc2ccccc2N2CCN(CO[C@@H]3C[C@@H](C)CC[C@H]3C(C)C)CC2)c(C)c1. The molecular formula is C29H42N2OS. The van der Waals surface area contributed by atoms with Crippen molar-refractivity contribution in [2.45, 2.75) is 69.8 Å². The topological polar surface area (TPSA) is 15.7 Å². The molecule has 1 heterocycles. The van der Waals surface area contributed by atoms with E-state index in [0.717, 1.165) is 44.7 Å². The van der Waals surface area contributed by atoms with Crippen LogP contribution in [0.15, 0.2) is 52.3 Å². The van der Waals surface area contributed by atoms with Gasteiger partial charge in [0.05, 0.1) is 18.5 Å². The lowest BCUT2D eigenvalue weighted by atomic mass is 9.75. The fourth-order valence-electron chi connectivity index (χ4n) is 5.46. The molecule has 0 aromatic heterocycles. The standard InChI is InChI=1S/C29H42N2OS/c1-21(2)25-12-10-23(4)19-27(25)32-20-30-14-16-31(17-15-30)26-8-6-7-9-29(26)33-28-13-11-22(3)18-24(28)5/h6-9,11,13,18,21,23,25,27H,10,12,14-17,19-20H2,1-5H3/t23-,25-,27+/m0/s1. The molecule has 0 unspecified atom stereocenters. The van der Waals surface area contributed by atoms with Crippen molar-refractivity contribution in [3.8, 4) is 0 Å². The summed E-state index contributed by atoms with van der Waals surface area (Å²) in [6.07, 6.45) is 4.35. The highest BCUT2D eigenvalue weighted by atomic mass is 32.2. The van der Waals surface area contributed by atoms with Gasteiger partial charge in [-0.3, -0.25) is 4.90 Å². The molecule has 0 N–H and O–H groups in total. The van der Waals surface area contributed by atoms with Gasteiger partial charge in [0, 0.05) is 36.0 Å². The van der Waals surface area contributed by atoms with Crippen molar-refractivity contribution >= 4 is 17.4 Å². The van der Waals surface area contributed by atoms with Gasteiger partial charge in [0.15, 0.2) is 0 Å². The number of benzene rings is 2. The summed E-state index contributed by atoms with van der Waals surface area (Å²) >= 11 is 1.90. The number of ether oxygens (including phenoxy) is 1. The molecule has 3 nitrogen and oxygen atoms in total. The van der Waals surface area contributed by atoms with Crippen molar-refractivity contribution < 1.29 is 4.74 Å². The molecule has 0 amide bonds. The van der Waals surface area contributed by atoms with Crippen LogP contribution in [-0.4, -0.2) is 43.9 Å². The normalized spacial score (nSPS) is 24.4. The van der Waals surface area contributed by atoms with Gasteiger partial charge in [-0.05, 0) is 68.2 Å². The minimum Gasteiger partial charge on any atom is -0.368 e. The minimum atomic E-state index is 0.432. The Kier molecular flexibility index (Phi) is 8.43. The molecule has 0 radical (unpaired) electrons. The Morgan fingerprint density at radius 1 is 0.970 bits per heavy atom. The molecule has 1 saturated carbocycles. The second kappa shape index (κ2) is 11.3. The minimum absolute atomic E-state index is 0.432. The molecule has 2 aliphatic rings. The second-order valence-electron chi connectivity index (χ2n) is 10.6. The molecule has 0 bridgehead atoms. The Hall–Kier alpha value is -1.49. The van der Waals surface area contributed by atoms with E-state index in [1.54, 1.807) is 0 Å². The van der Waals surface area contributed by atoms with Crippen LogP contribution in [-0.2, 0) is 4.74 Å². The highest BCUT2D eigenvalue weighted by Gasteiger charge is 2.32. The molecule has 4 heteroatoms. The third kappa shape index (κ3) is 6.35. The predicted molar refractivity (Wildman–Crippen MR) is 141 cm³/mol.